The van der Waals surface area contributed by atoms with E-state index in [0.717, 1.165) is 51.0 Å². The summed E-state index contributed by atoms with van der Waals surface area (Å²) in [7, 11) is 0. The zero-order valence-electron chi connectivity index (χ0n) is 12.0. The summed E-state index contributed by atoms with van der Waals surface area (Å²) in [6.45, 7) is 8.77. The van der Waals surface area contributed by atoms with Crippen molar-refractivity contribution in [3.8, 4) is 5.75 Å². The van der Waals surface area contributed by atoms with Crippen LogP contribution in [0, 0.1) is 5.92 Å². The molecule has 106 valence electrons. The predicted octanol–water partition coefficient (Wildman–Crippen LogP) is 2.81. The summed E-state index contributed by atoms with van der Waals surface area (Å²) in [6.07, 6.45) is 1.14. The van der Waals surface area contributed by atoms with Crippen molar-refractivity contribution >= 4 is 0 Å². The molecule has 19 heavy (non-hydrogen) atoms. The molecule has 3 heteroatoms. The van der Waals surface area contributed by atoms with Crippen molar-refractivity contribution in [3.63, 3.8) is 0 Å². The van der Waals surface area contributed by atoms with E-state index in [1.807, 2.05) is 12.1 Å². The Balaban J connectivity index is 1.57. The third-order valence-electron chi connectivity index (χ3n) is 3.45. The third-order valence-corrected chi connectivity index (χ3v) is 3.45. The van der Waals surface area contributed by atoms with Crippen LogP contribution in [-0.4, -0.2) is 32.9 Å². The molecule has 0 saturated carbocycles. The van der Waals surface area contributed by atoms with Gasteiger partial charge >= 0.3 is 0 Å². The molecule has 1 N–H and O–H groups in total. The minimum Gasteiger partial charge on any atom is -0.493 e. The molecule has 1 heterocycles. The van der Waals surface area contributed by atoms with Gasteiger partial charge in [0.2, 0.25) is 0 Å². The highest BCUT2D eigenvalue weighted by atomic mass is 16.5. The lowest BCUT2D eigenvalue weighted by atomic mass is 10.0. The van der Waals surface area contributed by atoms with Gasteiger partial charge in [0.05, 0.1) is 13.2 Å². The first-order chi connectivity index (χ1) is 9.27. The first-order valence-corrected chi connectivity index (χ1v) is 7.27. The summed E-state index contributed by atoms with van der Waals surface area (Å²) in [5.41, 5.74) is 1.33. The molecule has 0 saturated heterocycles. The van der Waals surface area contributed by atoms with Crippen molar-refractivity contribution in [1.82, 2.24) is 5.32 Å². The number of fused-ring (bicyclic) bond motifs is 1. The Morgan fingerprint density at radius 2 is 2.16 bits per heavy atom. The zero-order valence-corrected chi connectivity index (χ0v) is 12.0. The normalized spacial score (nSPS) is 17.5. The number of ether oxygens (including phenoxy) is 2. The van der Waals surface area contributed by atoms with E-state index in [1.54, 1.807) is 0 Å². The maximum Gasteiger partial charge on any atom is 0.122 e. The lowest BCUT2D eigenvalue weighted by Crippen LogP contribution is -2.26. The Morgan fingerprint density at radius 1 is 1.32 bits per heavy atom. The lowest BCUT2D eigenvalue weighted by Gasteiger charge is -2.11. The molecule has 1 aliphatic heterocycles. The zero-order chi connectivity index (χ0) is 13.5. The maximum absolute atomic E-state index is 5.66. The number of hydrogen-bond donors (Lipinski definition) is 1. The van der Waals surface area contributed by atoms with Gasteiger partial charge in [0.15, 0.2) is 0 Å². The minimum absolute atomic E-state index is 0.479. The molecule has 0 bridgehead atoms. The fourth-order valence-electron chi connectivity index (χ4n) is 2.24. The van der Waals surface area contributed by atoms with Gasteiger partial charge in [-0.15, -0.1) is 0 Å². The summed E-state index contributed by atoms with van der Waals surface area (Å²) in [6, 6.07) is 8.31. The van der Waals surface area contributed by atoms with E-state index >= 15 is 0 Å². The smallest absolute Gasteiger partial charge is 0.122 e. The van der Waals surface area contributed by atoms with E-state index in [9.17, 15) is 0 Å². The van der Waals surface area contributed by atoms with Gasteiger partial charge in [-0.3, -0.25) is 0 Å². The van der Waals surface area contributed by atoms with Gasteiger partial charge in [0.1, 0.15) is 5.75 Å². The maximum atomic E-state index is 5.66. The van der Waals surface area contributed by atoms with Gasteiger partial charge in [-0.1, -0.05) is 32.0 Å². The summed E-state index contributed by atoms with van der Waals surface area (Å²) in [5.74, 6) is 2.24. The second kappa shape index (κ2) is 7.51. The average Bonchev–Trinajstić information content (AvgIpc) is 2.81. The van der Waals surface area contributed by atoms with Crippen LogP contribution in [0.25, 0.3) is 0 Å². The summed E-state index contributed by atoms with van der Waals surface area (Å²) < 4.78 is 11.2. The van der Waals surface area contributed by atoms with Gasteiger partial charge in [0.25, 0.3) is 0 Å². The molecular formula is C16H25NO2. The van der Waals surface area contributed by atoms with Crippen LogP contribution in [-0.2, 0) is 4.74 Å². The summed E-state index contributed by atoms with van der Waals surface area (Å²) in [5, 5.41) is 3.45. The topological polar surface area (TPSA) is 30.5 Å². The van der Waals surface area contributed by atoms with Gasteiger partial charge in [-0.2, -0.15) is 0 Å². The van der Waals surface area contributed by atoms with Crippen LogP contribution in [0.3, 0.4) is 0 Å². The Morgan fingerprint density at radius 3 is 3.00 bits per heavy atom. The Kier molecular flexibility index (Phi) is 5.67. The molecule has 1 atom stereocenters. The Bertz CT molecular complexity index is 379. The van der Waals surface area contributed by atoms with Crippen molar-refractivity contribution in [2.75, 3.05) is 32.9 Å². The molecule has 1 aliphatic rings. The fourth-order valence-corrected chi connectivity index (χ4v) is 2.24. The standard InChI is InChI=1S/C16H25NO2/c1-13(2)7-9-18-10-8-17-11-14-12-19-16-6-4-3-5-15(14)16/h3-6,13-14,17H,7-12H2,1-2H3. The van der Waals surface area contributed by atoms with E-state index in [-0.39, 0.29) is 0 Å². The molecule has 3 nitrogen and oxygen atoms in total. The second-order valence-electron chi connectivity index (χ2n) is 5.54. The Hall–Kier alpha value is -1.06. The van der Waals surface area contributed by atoms with Gasteiger partial charge < -0.3 is 14.8 Å². The molecule has 0 fully saturated rings. The van der Waals surface area contributed by atoms with Crippen molar-refractivity contribution in [3.05, 3.63) is 29.8 Å². The monoisotopic (exact) mass is 263 g/mol. The predicted molar refractivity (Wildman–Crippen MR) is 77.8 cm³/mol. The highest BCUT2D eigenvalue weighted by Gasteiger charge is 2.22. The highest BCUT2D eigenvalue weighted by molar-refractivity contribution is 5.39. The first kappa shape index (κ1) is 14.4. The molecule has 0 aromatic heterocycles. The third kappa shape index (κ3) is 4.51. The SMILES string of the molecule is CC(C)CCOCCNCC1COc2ccccc21. The van der Waals surface area contributed by atoms with E-state index in [1.165, 1.54) is 5.56 Å². The quantitative estimate of drug-likeness (QED) is 0.732. The molecule has 0 amide bonds. The van der Waals surface area contributed by atoms with Crippen LogP contribution in [0.2, 0.25) is 0 Å². The van der Waals surface area contributed by atoms with Crippen molar-refractivity contribution < 1.29 is 9.47 Å². The van der Waals surface area contributed by atoms with Gasteiger partial charge in [-0.05, 0) is 18.4 Å². The molecular weight excluding hydrogens is 238 g/mol. The molecule has 0 aliphatic carbocycles. The molecule has 1 aromatic rings. The van der Waals surface area contributed by atoms with Crippen LogP contribution >= 0.6 is 0 Å². The van der Waals surface area contributed by atoms with E-state index in [4.69, 9.17) is 9.47 Å². The minimum atomic E-state index is 0.479. The number of para-hydroxylation sites is 1. The number of hydrogen-bond acceptors (Lipinski definition) is 3. The molecule has 1 aromatic carbocycles. The number of benzene rings is 1. The summed E-state index contributed by atoms with van der Waals surface area (Å²) >= 11 is 0. The van der Waals surface area contributed by atoms with Crippen LogP contribution in [0.5, 0.6) is 5.75 Å². The van der Waals surface area contributed by atoms with Crippen LogP contribution < -0.4 is 10.1 Å². The molecule has 1 unspecified atom stereocenters. The molecule has 2 rings (SSSR count). The van der Waals surface area contributed by atoms with E-state index in [2.05, 4.69) is 31.3 Å². The van der Waals surface area contributed by atoms with E-state index in [0.29, 0.717) is 5.92 Å². The van der Waals surface area contributed by atoms with Crippen LogP contribution in [0.15, 0.2) is 24.3 Å². The fraction of sp³-hybridized carbons (Fsp3) is 0.625. The molecule has 0 radical (unpaired) electrons. The number of nitrogens with one attached hydrogen (secondary N) is 1. The summed E-state index contributed by atoms with van der Waals surface area (Å²) in [4.78, 5) is 0. The van der Waals surface area contributed by atoms with Crippen molar-refractivity contribution in [2.24, 2.45) is 5.92 Å². The second-order valence-corrected chi connectivity index (χ2v) is 5.54. The lowest BCUT2D eigenvalue weighted by molar-refractivity contribution is 0.125. The van der Waals surface area contributed by atoms with Gasteiger partial charge in [0, 0.05) is 31.2 Å². The average molecular weight is 263 g/mol. The molecule has 0 spiro atoms. The number of rotatable bonds is 8. The highest BCUT2D eigenvalue weighted by Crippen LogP contribution is 2.32. The van der Waals surface area contributed by atoms with Crippen molar-refractivity contribution in [2.45, 2.75) is 26.2 Å². The van der Waals surface area contributed by atoms with Crippen LogP contribution in [0.1, 0.15) is 31.7 Å². The Labute approximate surface area is 116 Å². The van der Waals surface area contributed by atoms with Gasteiger partial charge in [-0.25, -0.2) is 0 Å². The van der Waals surface area contributed by atoms with Crippen LogP contribution in [0.4, 0.5) is 0 Å². The largest absolute Gasteiger partial charge is 0.493 e. The van der Waals surface area contributed by atoms with Crippen molar-refractivity contribution in [1.29, 1.82) is 0 Å². The van der Waals surface area contributed by atoms with E-state index < -0.39 is 0 Å². The first-order valence-electron chi connectivity index (χ1n) is 7.27.